The summed E-state index contributed by atoms with van der Waals surface area (Å²) in [4.78, 5) is 0. The molecule has 0 fully saturated rings. The highest BCUT2D eigenvalue weighted by Gasteiger charge is 2.41. The van der Waals surface area contributed by atoms with Crippen molar-refractivity contribution in [3.63, 3.8) is 0 Å². The molecule has 216 valence electrons. The maximum Gasteiger partial charge on any atom is 0.260 e. The van der Waals surface area contributed by atoms with E-state index in [0.29, 0.717) is 0 Å². The summed E-state index contributed by atoms with van der Waals surface area (Å²) in [5.74, 6) is 3.46. The van der Waals surface area contributed by atoms with Crippen molar-refractivity contribution in [3.05, 3.63) is 152 Å². The highest BCUT2D eigenvalue weighted by Crippen LogP contribution is 2.45. The van der Waals surface area contributed by atoms with E-state index in [2.05, 4.69) is 149 Å². The molecule has 2 aliphatic rings. The van der Waals surface area contributed by atoms with Crippen LogP contribution in [0.1, 0.15) is 0 Å². The first-order valence-corrected chi connectivity index (χ1v) is 15.9. The lowest BCUT2D eigenvalue weighted by Crippen LogP contribution is -2.57. The molecule has 0 atom stereocenters. The van der Waals surface area contributed by atoms with Crippen molar-refractivity contribution in [2.24, 2.45) is 0 Å². The summed E-state index contributed by atoms with van der Waals surface area (Å²) in [6, 6.07) is 55.5. The number of aromatic nitrogens is 2. The third-order valence-electron chi connectivity index (χ3n) is 9.88. The smallest absolute Gasteiger partial charge is 0.260 e. The van der Waals surface area contributed by atoms with E-state index >= 15 is 0 Å². The minimum atomic E-state index is 0.00255. The van der Waals surface area contributed by atoms with Gasteiger partial charge < -0.3 is 18.6 Å². The Labute approximate surface area is 270 Å². The topological polar surface area (TPSA) is 28.3 Å². The minimum Gasteiger partial charge on any atom is -0.458 e. The van der Waals surface area contributed by atoms with E-state index < -0.39 is 0 Å². The number of rotatable bonds is 2. The predicted octanol–water partition coefficient (Wildman–Crippen LogP) is 8.21. The molecule has 2 aliphatic heterocycles. The summed E-state index contributed by atoms with van der Waals surface area (Å²) in [6.45, 7) is 0.00255. The molecular weight excluding hydrogens is 575 g/mol. The molecule has 0 bridgehead atoms. The molecule has 11 rings (SSSR count). The number of para-hydroxylation sites is 4. The van der Waals surface area contributed by atoms with Crippen LogP contribution in [-0.4, -0.2) is 15.8 Å². The van der Waals surface area contributed by atoms with Gasteiger partial charge in [-0.1, -0.05) is 91.0 Å². The van der Waals surface area contributed by atoms with Gasteiger partial charge in [-0.3, -0.25) is 0 Å². The highest BCUT2D eigenvalue weighted by molar-refractivity contribution is 6.98. The van der Waals surface area contributed by atoms with Crippen LogP contribution in [0.3, 0.4) is 0 Å². The van der Waals surface area contributed by atoms with Crippen LogP contribution in [0.2, 0.25) is 0 Å². The van der Waals surface area contributed by atoms with Gasteiger partial charge in [-0.05, 0) is 71.6 Å². The Morgan fingerprint density at radius 1 is 0.511 bits per heavy atom. The van der Waals surface area contributed by atoms with E-state index in [9.17, 15) is 0 Å². The largest absolute Gasteiger partial charge is 0.458 e. The second-order valence-corrected chi connectivity index (χ2v) is 12.3. The minimum absolute atomic E-state index is 0.00255. The van der Waals surface area contributed by atoms with E-state index in [-0.39, 0.29) is 6.71 Å². The average molecular weight is 598 g/mol. The number of ether oxygens (including phenoxy) is 2. The number of fused-ring (bicyclic) bond motifs is 11. The number of benzene rings is 6. The molecule has 47 heavy (non-hydrogen) atoms. The molecule has 2 aromatic heterocycles. The van der Waals surface area contributed by atoms with Crippen molar-refractivity contribution >= 4 is 66.7 Å². The Hall–Kier alpha value is -6.38. The number of nitrogens with zero attached hydrogens (tertiary/aromatic N) is 2. The second kappa shape index (κ2) is 9.09. The molecule has 0 N–H and O–H groups in total. The zero-order valence-electron chi connectivity index (χ0n) is 25.1. The maximum atomic E-state index is 6.95. The van der Waals surface area contributed by atoms with Gasteiger partial charge in [-0.2, -0.15) is 0 Å². The molecule has 4 heterocycles. The van der Waals surface area contributed by atoms with Crippen LogP contribution in [0.4, 0.5) is 0 Å². The van der Waals surface area contributed by atoms with Crippen LogP contribution in [0, 0.1) is 12.1 Å². The lowest BCUT2D eigenvalue weighted by molar-refractivity contribution is 0.467. The Kier molecular flexibility index (Phi) is 4.82. The summed E-state index contributed by atoms with van der Waals surface area (Å²) in [5, 5.41) is 4.45. The molecule has 4 nitrogen and oxygen atoms in total. The van der Waals surface area contributed by atoms with Gasteiger partial charge in [0.2, 0.25) is 0 Å². The first-order chi connectivity index (χ1) is 23.3. The third kappa shape index (κ3) is 3.29. The SMILES string of the molecule is c1ccc2c(c#1)c1ccccc1n2-c1ccc2c3cc4c5c(c3n(-c3ccccc3)c2c1)Oc1ccccc1B5c1ccccc1O4. The first kappa shape index (κ1) is 24.9. The van der Waals surface area contributed by atoms with Crippen molar-refractivity contribution in [1.82, 2.24) is 9.13 Å². The van der Waals surface area contributed by atoms with Gasteiger partial charge in [0.15, 0.2) is 5.75 Å². The van der Waals surface area contributed by atoms with E-state index in [1.807, 2.05) is 12.1 Å². The third-order valence-corrected chi connectivity index (χ3v) is 9.88. The maximum absolute atomic E-state index is 6.95. The van der Waals surface area contributed by atoms with Crippen molar-refractivity contribution < 1.29 is 9.47 Å². The summed E-state index contributed by atoms with van der Waals surface area (Å²) in [6.07, 6.45) is 0. The van der Waals surface area contributed by atoms with Crippen LogP contribution in [0.5, 0.6) is 23.0 Å². The second-order valence-electron chi connectivity index (χ2n) is 12.3. The molecule has 0 aliphatic carbocycles. The van der Waals surface area contributed by atoms with Crippen LogP contribution in [-0.2, 0) is 0 Å². The molecule has 0 amide bonds. The van der Waals surface area contributed by atoms with Gasteiger partial charge in [-0.15, -0.1) is 0 Å². The van der Waals surface area contributed by atoms with Gasteiger partial charge in [-0.25, -0.2) is 0 Å². The standard InChI is InChI=1S/C42H23BN2O2/c1-2-12-26(13-3-1)45-36-24-27(44-34-18-8-4-14-28(34)29-15-5-9-19-35(29)44)22-23-30(36)31-25-39-40-42(41(31)45)47-38-21-11-7-17-33(38)43(40)32-16-6-10-20-37(32)46-39/h1-4,6-14,16-25H. The van der Waals surface area contributed by atoms with Crippen LogP contribution < -0.4 is 25.9 Å². The highest BCUT2D eigenvalue weighted by atomic mass is 16.5. The van der Waals surface area contributed by atoms with Gasteiger partial charge in [0, 0.05) is 33.0 Å². The summed E-state index contributed by atoms with van der Waals surface area (Å²) >= 11 is 0. The first-order valence-electron chi connectivity index (χ1n) is 15.9. The van der Waals surface area contributed by atoms with E-state index in [0.717, 1.165) is 94.4 Å². The summed E-state index contributed by atoms with van der Waals surface area (Å²) in [7, 11) is 0. The monoisotopic (exact) mass is 598 g/mol. The molecule has 0 unspecified atom stereocenters. The van der Waals surface area contributed by atoms with Crippen molar-refractivity contribution in [2.75, 3.05) is 0 Å². The molecule has 9 aromatic rings. The van der Waals surface area contributed by atoms with Gasteiger partial charge in [0.1, 0.15) is 17.2 Å². The van der Waals surface area contributed by atoms with E-state index in [4.69, 9.17) is 9.47 Å². The zero-order chi connectivity index (χ0) is 30.6. The number of hydrogen-bond donors (Lipinski definition) is 0. The summed E-state index contributed by atoms with van der Waals surface area (Å²) < 4.78 is 18.3. The molecule has 0 saturated carbocycles. The van der Waals surface area contributed by atoms with Gasteiger partial charge in [0.25, 0.3) is 6.71 Å². The normalized spacial score (nSPS) is 12.8. The molecule has 5 heteroatoms. The van der Waals surface area contributed by atoms with Crippen molar-refractivity contribution in [3.8, 4) is 34.4 Å². The predicted molar refractivity (Wildman–Crippen MR) is 190 cm³/mol. The fraction of sp³-hybridized carbons (Fsp3) is 0. The van der Waals surface area contributed by atoms with E-state index in [1.54, 1.807) is 0 Å². The van der Waals surface area contributed by atoms with Crippen LogP contribution in [0.15, 0.2) is 140 Å². The van der Waals surface area contributed by atoms with Gasteiger partial charge in [0.05, 0.1) is 27.5 Å². The van der Waals surface area contributed by atoms with Gasteiger partial charge >= 0.3 is 0 Å². The lowest BCUT2D eigenvalue weighted by Gasteiger charge is -2.33. The Morgan fingerprint density at radius 3 is 2.11 bits per heavy atom. The Balaban J connectivity index is 1.27. The van der Waals surface area contributed by atoms with Crippen molar-refractivity contribution in [1.29, 1.82) is 0 Å². The molecular formula is C42H23BN2O2. The fourth-order valence-corrected chi connectivity index (χ4v) is 7.96. The molecule has 0 saturated heterocycles. The lowest BCUT2D eigenvalue weighted by atomic mass is 9.35. The molecule has 0 spiro atoms. The Morgan fingerprint density at radius 2 is 1.26 bits per heavy atom. The van der Waals surface area contributed by atoms with E-state index in [1.165, 1.54) is 0 Å². The number of hydrogen-bond acceptors (Lipinski definition) is 2. The summed E-state index contributed by atoms with van der Waals surface area (Å²) in [5.41, 5.74) is 9.90. The van der Waals surface area contributed by atoms with Crippen LogP contribution >= 0.6 is 0 Å². The zero-order valence-corrected chi connectivity index (χ0v) is 25.1. The average Bonchev–Trinajstić information content (AvgIpc) is 3.64. The van der Waals surface area contributed by atoms with Crippen LogP contribution in [0.25, 0.3) is 55.0 Å². The molecule has 7 aromatic carbocycles. The fourth-order valence-electron chi connectivity index (χ4n) is 7.96. The quantitative estimate of drug-likeness (QED) is 0.188. The van der Waals surface area contributed by atoms with Crippen molar-refractivity contribution in [2.45, 2.75) is 0 Å². The Bertz CT molecular complexity index is 2690. The molecule has 0 radical (unpaired) electrons.